The lowest BCUT2D eigenvalue weighted by Gasteiger charge is -2.26. The Morgan fingerprint density at radius 1 is 1.00 bits per heavy atom. The highest BCUT2D eigenvalue weighted by atomic mass is 16.6. The number of hydrogen-bond acceptors (Lipinski definition) is 7. The van der Waals surface area contributed by atoms with E-state index < -0.39 is 17.7 Å². The summed E-state index contributed by atoms with van der Waals surface area (Å²) in [4.78, 5) is 28.2. The second-order valence-corrected chi connectivity index (χ2v) is 8.60. The number of aliphatic hydroxyl groups excluding tert-OH is 1. The van der Waals surface area contributed by atoms with Crippen LogP contribution in [0.1, 0.15) is 29.7 Å². The Morgan fingerprint density at radius 2 is 1.73 bits per heavy atom. The van der Waals surface area contributed by atoms with Crippen LogP contribution >= 0.6 is 0 Å². The quantitative estimate of drug-likeness (QED) is 0.290. The highest BCUT2D eigenvalue weighted by molar-refractivity contribution is 6.46. The summed E-state index contributed by atoms with van der Waals surface area (Å²) >= 11 is 0. The van der Waals surface area contributed by atoms with Crippen molar-refractivity contribution in [2.45, 2.75) is 19.5 Å². The summed E-state index contributed by atoms with van der Waals surface area (Å²) in [5.74, 6) is 0.543. The minimum Gasteiger partial charge on any atom is -0.507 e. The van der Waals surface area contributed by atoms with Crippen LogP contribution in [0.3, 0.4) is 0 Å². The van der Waals surface area contributed by atoms with Crippen molar-refractivity contribution in [2.75, 3.05) is 26.9 Å². The van der Waals surface area contributed by atoms with Crippen LogP contribution in [0, 0.1) is 0 Å². The van der Waals surface area contributed by atoms with E-state index in [4.69, 9.17) is 18.9 Å². The SMILES string of the molecule is CCOc1ccc(C2/C(=C(/O)c3ccc4c(c3)OCCO4)C(=O)C(=O)N2Cc2ccccc2OC)cc1. The van der Waals surface area contributed by atoms with Crippen molar-refractivity contribution >= 4 is 17.4 Å². The van der Waals surface area contributed by atoms with Crippen molar-refractivity contribution < 1.29 is 33.6 Å². The summed E-state index contributed by atoms with van der Waals surface area (Å²) < 4.78 is 22.3. The molecule has 8 nitrogen and oxygen atoms in total. The Labute approximate surface area is 214 Å². The molecule has 0 aliphatic carbocycles. The van der Waals surface area contributed by atoms with Crippen molar-refractivity contribution in [1.29, 1.82) is 0 Å². The monoisotopic (exact) mass is 501 g/mol. The Balaban J connectivity index is 1.62. The molecule has 5 rings (SSSR count). The third kappa shape index (κ3) is 4.58. The molecule has 0 bridgehead atoms. The maximum atomic E-state index is 13.4. The first-order chi connectivity index (χ1) is 18.0. The number of para-hydroxylation sites is 1. The molecule has 2 heterocycles. The van der Waals surface area contributed by atoms with Crippen LogP contribution in [0.4, 0.5) is 0 Å². The fourth-order valence-electron chi connectivity index (χ4n) is 4.67. The van der Waals surface area contributed by atoms with Crippen molar-refractivity contribution in [3.63, 3.8) is 0 Å². The topological polar surface area (TPSA) is 94.5 Å². The first-order valence-corrected chi connectivity index (χ1v) is 12.0. The normalized spacial score (nSPS) is 18.1. The van der Waals surface area contributed by atoms with Gasteiger partial charge in [0.25, 0.3) is 11.7 Å². The van der Waals surface area contributed by atoms with Gasteiger partial charge in [-0.3, -0.25) is 9.59 Å². The summed E-state index contributed by atoms with van der Waals surface area (Å²) in [6.45, 7) is 3.33. The largest absolute Gasteiger partial charge is 0.507 e. The Kier molecular flexibility index (Phi) is 6.72. The summed E-state index contributed by atoms with van der Waals surface area (Å²) in [6.07, 6.45) is 0. The molecule has 0 radical (unpaired) electrons. The molecule has 37 heavy (non-hydrogen) atoms. The molecule has 190 valence electrons. The van der Waals surface area contributed by atoms with E-state index >= 15 is 0 Å². The minimum absolute atomic E-state index is 0.000681. The lowest BCUT2D eigenvalue weighted by molar-refractivity contribution is -0.140. The molecule has 2 aliphatic heterocycles. The predicted octanol–water partition coefficient (Wildman–Crippen LogP) is 4.49. The van der Waals surface area contributed by atoms with Crippen LogP contribution in [-0.4, -0.2) is 48.6 Å². The molecule has 0 saturated carbocycles. The molecule has 1 fully saturated rings. The van der Waals surface area contributed by atoms with Gasteiger partial charge < -0.3 is 29.0 Å². The fraction of sp³-hybridized carbons (Fsp3) is 0.241. The molecule has 1 saturated heterocycles. The van der Waals surface area contributed by atoms with E-state index in [1.165, 1.54) is 4.90 Å². The number of fused-ring (bicyclic) bond motifs is 1. The molecule has 1 atom stereocenters. The lowest BCUT2D eigenvalue weighted by Crippen LogP contribution is -2.29. The van der Waals surface area contributed by atoms with Crippen LogP contribution in [0.5, 0.6) is 23.0 Å². The summed E-state index contributed by atoms with van der Waals surface area (Å²) in [5, 5.41) is 11.4. The van der Waals surface area contributed by atoms with Gasteiger partial charge in [-0.2, -0.15) is 0 Å². The van der Waals surface area contributed by atoms with Gasteiger partial charge >= 0.3 is 0 Å². The third-order valence-electron chi connectivity index (χ3n) is 6.40. The number of aliphatic hydroxyl groups is 1. The van der Waals surface area contributed by atoms with Crippen LogP contribution in [0.25, 0.3) is 5.76 Å². The van der Waals surface area contributed by atoms with Gasteiger partial charge in [0.15, 0.2) is 11.5 Å². The number of ether oxygens (including phenoxy) is 4. The van der Waals surface area contributed by atoms with Gasteiger partial charge in [0, 0.05) is 11.1 Å². The molecule has 0 spiro atoms. The van der Waals surface area contributed by atoms with E-state index in [-0.39, 0.29) is 17.9 Å². The number of carbonyl (C=O) groups excluding carboxylic acids is 2. The van der Waals surface area contributed by atoms with Crippen LogP contribution in [-0.2, 0) is 16.1 Å². The molecule has 1 amide bonds. The number of benzene rings is 3. The van der Waals surface area contributed by atoms with Gasteiger partial charge in [-0.05, 0) is 48.9 Å². The molecular weight excluding hydrogens is 474 g/mol. The summed E-state index contributed by atoms with van der Waals surface area (Å²) in [5.41, 5.74) is 1.76. The van der Waals surface area contributed by atoms with E-state index in [2.05, 4.69) is 0 Å². The maximum Gasteiger partial charge on any atom is 0.295 e. The molecule has 3 aromatic carbocycles. The number of ketones is 1. The second-order valence-electron chi connectivity index (χ2n) is 8.60. The molecule has 2 aliphatic rings. The maximum absolute atomic E-state index is 13.4. The van der Waals surface area contributed by atoms with Gasteiger partial charge in [-0.1, -0.05) is 30.3 Å². The highest BCUT2D eigenvalue weighted by Crippen LogP contribution is 2.42. The van der Waals surface area contributed by atoms with Gasteiger partial charge in [0.05, 0.1) is 31.9 Å². The molecule has 0 aromatic heterocycles. The Morgan fingerprint density at radius 3 is 2.46 bits per heavy atom. The first kappa shape index (κ1) is 24.2. The molecule has 8 heteroatoms. The average Bonchev–Trinajstić information content (AvgIpc) is 3.18. The predicted molar refractivity (Wildman–Crippen MR) is 136 cm³/mol. The number of nitrogens with zero attached hydrogens (tertiary/aromatic N) is 1. The number of likely N-dealkylation sites (tertiary alicyclic amines) is 1. The number of amides is 1. The molecule has 1 N–H and O–H groups in total. The first-order valence-electron chi connectivity index (χ1n) is 12.0. The number of carbonyl (C=O) groups is 2. The summed E-state index contributed by atoms with van der Waals surface area (Å²) in [6, 6.07) is 18.6. The smallest absolute Gasteiger partial charge is 0.295 e. The number of Topliss-reactive ketones (excluding diaryl/α,β-unsaturated/α-hetero) is 1. The van der Waals surface area contributed by atoms with E-state index in [1.54, 1.807) is 55.6 Å². The van der Waals surface area contributed by atoms with Gasteiger partial charge in [-0.25, -0.2) is 0 Å². The van der Waals surface area contributed by atoms with Crippen LogP contribution in [0.15, 0.2) is 72.3 Å². The molecular formula is C29H27NO7. The zero-order valence-corrected chi connectivity index (χ0v) is 20.6. The highest BCUT2D eigenvalue weighted by Gasteiger charge is 2.46. The lowest BCUT2D eigenvalue weighted by atomic mass is 9.95. The average molecular weight is 502 g/mol. The fourth-order valence-corrected chi connectivity index (χ4v) is 4.67. The van der Waals surface area contributed by atoms with Crippen molar-refractivity contribution in [1.82, 2.24) is 4.90 Å². The van der Waals surface area contributed by atoms with Crippen LogP contribution in [0.2, 0.25) is 0 Å². The van der Waals surface area contributed by atoms with Gasteiger partial charge in [0.2, 0.25) is 0 Å². The third-order valence-corrected chi connectivity index (χ3v) is 6.40. The standard InChI is InChI=1S/C29H27NO7/c1-3-35-21-11-8-18(9-12-21)26-25(27(31)19-10-13-23-24(16-19)37-15-14-36-23)28(32)29(33)30(26)17-20-6-4-5-7-22(20)34-2/h4-13,16,26,31H,3,14-15,17H2,1-2H3/b27-25-. The van der Waals surface area contributed by atoms with Crippen molar-refractivity contribution in [3.05, 3.63) is 89.0 Å². The molecule has 1 unspecified atom stereocenters. The summed E-state index contributed by atoms with van der Waals surface area (Å²) in [7, 11) is 1.55. The number of rotatable bonds is 7. The van der Waals surface area contributed by atoms with E-state index in [0.717, 1.165) is 5.56 Å². The number of hydrogen-bond donors (Lipinski definition) is 1. The van der Waals surface area contributed by atoms with E-state index in [9.17, 15) is 14.7 Å². The van der Waals surface area contributed by atoms with Crippen molar-refractivity contribution in [2.24, 2.45) is 0 Å². The Bertz CT molecular complexity index is 1360. The van der Waals surface area contributed by atoms with Crippen molar-refractivity contribution in [3.8, 4) is 23.0 Å². The van der Waals surface area contributed by atoms with E-state index in [1.807, 2.05) is 25.1 Å². The zero-order valence-electron chi connectivity index (χ0n) is 20.6. The van der Waals surface area contributed by atoms with Gasteiger partial charge in [-0.15, -0.1) is 0 Å². The van der Waals surface area contributed by atoms with Crippen LogP contribution < -0.4 is 18.9 Å². The Hall–Kier alpha value is -4.46. The minimum atomic E-state index is -0.825. The zero-order chi connectivity index (χ0) is 25.9. The molecule has 3 aromatic rings. The van der Waals surface area contributed by atoms with E-state index in [0.29, 0.717) is 53.9 Å². The number of methoxy groups -OCH3 is 1. The van der Waals surface area contributed by atoms with Gasteiger partial charge in [0.1, 0.15) is 30.5 Å². The second kappa shape index (κ2) is 10.3.